The third-order valence-corrected chi connectivity index (χ3v) is 9.05. The van der Waals surface area contributed by atoms with Crippen molar-refractivity contribution in [3.63, 3.8) is 0 Å². The molecule has 7 nitrogen and oxygen atoms in total. The number of benzene rings is 4. The molecule has 0 unspecified atom stereocenters. The maximum absolute atomic E-state index is 12.8. The molecule has 4 aromatic carbocycles. The summed E-state index contributed by atoms with van der Waals surface area (Å²) in [5, 5.41) is 3.29. The summed E-state index contributed by atoms with van der Waals surface area (Å²) in [5.41, 5.74) is 3.29. The molecule has 0 spiro atoms. The molecule has 0 saturated carbocycles. The Morgan fingerprint density at radius 2 is 1.54 bits per heavy atom. The lowest BCUT2D eigenvalue weighted by atomic mass is 10.1. The van der Waals surface area contributed by atoms with Crippen molar-refractivity contribution >= 4 is 56.6 Å². The van der Waals surface area contributed by atoms with Crippen molar-refractivity contribution in [2.24, 2.45) is 0 Å². The molecule has 0 radical (unpaired) electrons. The Balaban J connectivity index is 1.23. The molecule has 1 aliphatic heterocycles. The number of para-hydroxylation sites is 1. The highest BCUT2D eigenvalue weighted by Crippen LogP contribution is 2.39. The fourth-order valence-electron chi connectivity index (χ4n) is 4.13. The largest absolute Gasteiger partial charge is 0.322 e. The van der Waals surface area contributed by atoms with Crippen molar-refractivity contribution in [1.82, 2.24) is 4.90 Å². The Hall–Kier alpha value is -3.79. The first kappa shape index (κ1) is 26.8. The number of nitrogens with one attached hydrogen (secondary N) is 2. The number of thioether (sulfide) groups is 1. The maximum atomic E-state index is 12.8. The van der Waals surface area contributed by atoms with Gasteiger partial charge in [0.25, 0.3) is 15.9 Å². The van der Waals surface area contributed by atoms with Crippen molar-refractivity contribution < 1.29 is 18.0 Å². The quantitative estimate of drug-likeness (QED) is 0.261. The number of rotatable bonds is 8. The van der Waals surface area contributed by atoms with E-state index in [4.69, 9.17) is 11.6 Å². The van der Waals surface area contributed by atoms with E-state index in [-0.39, 0.29) is 22.1 Å². The van der Waals surface area contributed by atoms with E-state index in [2.05, 4.69) is 10.0 Å². The minimum Gasteiger partial charge on any atom is -0.322 e. The van der Waals surface area contributed by atoms with Gasteiger partial charge in [-0.05, 0) is 71.8 Å². The number of sulfonamides is 1. The van der Waals surface area contributed by atoms with Crippen molar-refractivity contribution in [3.8, 4) is 0 Å². The Kier molecular flexibility index (Phi) is 7.92. The van der Waals surface area contributed by atoms with Crippen LogP contribution in [0.1, 0.15) is 26.9 Å². The molecule has 1 fully saturated rings. The van der Waals surface area contributed by atoms with Gasteiger partial charge in [-0.2, -0.15) is 0 Å². The summed E-state index contributed by atoms with van der Waals surface area (Å²) < 4.78 is 27.8. The van der Waals surface area contributed by atoms with Gasteiger partial charge < -0.3 is 10.2 Å². The minimum absolute atomic E-state index is 0.0613. The Labute approximate surface area is 236 Å². The van der Waals surface area contributed by atoms with Gasteiger partial charge in [0.2, 0.25) is 5.91 Å². The number of halogens is 1. The van der Waals surface area contributed by atoms with Crippen LogP contribution in [0.25, 0.3) is 0 Å². The van der Waals surface area contributed by atoms with E-state index in [0.717, 1.165) is 11.1 Å². The zero-order valence-corrected chi connectivity index (χ0v) is 23.0. The van der Waals surface area contributed by atoms with Gasteiger partial charge in [0.15, 0.2) is 0 Å². The highest BCUT2D eigenvalue weighted by molar-refractivity contribution is 8.00. The summed E-state index contributed by atoms with van der Waals surface area (Å²) in [6.07, 6.45) is 0. The van der Waals surface area contributed by atoms with Crippen molar-refractivity contribution in [2.75, 3.05) is 15.8 Å². The maximum Gasteiger partial charge on any atom is 0.261 e. The van der Waals surface area contributed by atoms with Gasteiger partial charge in [-0.3, -0.25) is 14.3 Å². The first-order valence-electron chi connectivity index (χ1n) is 12.0. The third-order valence-electron chi connectivity index (χ3n) is 6.14. The number of hydrogen-bond donors (Lipinski definition) is 2. The zero-order chi connectivity index (χ0) is 27.4. The summed E-state index contributed by atoms with van der Waals surface area (Å²) in [7, 11) is -3.75. The molecule has 198 valence electrons. The second kappa shape index (κ2) is 11.5. The molecular formula is C29H24ClN3O4S2. The molecule has 2 N–H and O–H groups in total. The van der Waals surface area contributed by atoms with Gasteiger partial charge in [-0.15, -0.1) is 11.8 Å². The number of anilines is 2. The summed E-state index contributed by atoms with van der Waals surface area (Å²) in [6.45, 7) is 0.475. The molecule has 1 heterocycles. The lowest BCUT2D eigenvalue weighted by molar-refractivity contribution is -0.128. The van der Waals surface area contributed by atoms with Crippen LogP contribution in [-0.2, 0) is 21.4 Å². The van der Waals surface area contributed by atoms with Crippen molar-refractivity contribution in [3.05, 3.63) is 125 Å². The molecule has 0 bridgehead atoms. The summed E-state index contributed by atoms with van der Waals surface area (Å²) >= 11 is 7.53. The third kappa shape index (κ3) is 6.44. The highest BCUT2D eigenvalue weighted by Gasteiger charge is 2.32. The Morgan fingerprint density at radius 1 is 0.872 bits per heavy atom. The number of carbonyl (C=O) groups is 2. The zero-order valence-electron chi connectivity index (χ0n) is 20.6. The molecular weight excluding hydrogens is 554 g/mol. The molecule has 1 saturated heterocycles. The van der Waals surface area contributed by atoms with Crippen LogP contribution < -0.4 is 10.0 Å². The Morgan fingerprint density at radius 3 is 2.21 bits per heavy atom. The van der Waals surface area contributed by atoms with E-state index >= 15 is 0 Å². The van der Waals surface area contributed by atoms with E-state index in [1.807, 2.05) is 29.2 Å². The molecule has 0 aliphatic carbocycles. The lowest BCUT2D eigenvalue weighted by Crippen LogP contribution is -2.27. The van der Waals surface area contributed by atoms with Gasteiger partial charge in [0, 0.05) is 28.5 Å². The van der Waals surface area contributed by atoms with Gasteiger partial charge in [0.1, 0.15) is 5.37 Å². The SMILES string of the molecule is O=C(Nc1ccc(S(=O)(=O)Nc2ccccc2)cc1)c1ccc([C@H]2SCC(=O)N2Cc2ccc(Cl)cc2)cc1. The molecule has 5 rings (SSSR count). The summed E-state index contributed by atoms with van der Waals surface area (Å²) in [4.78, 5) is 27.3. The molecule has 10 heteroatoms. The van der Waals surface area contributed by atoms with Crippen LogP contribution in [0, 0.1) is 0 Å². The molecule has 0 aromatic heterocycles. The molecule has 1 atom stereocenters. The first-order chi connectivity index (χ1) is 18.8. The normalized spacial score (nSPS) is 15.3. The van der Waals surface area contributed by atoms with Crippen LogP contribution in [0.15, 0.2) is 108 Å². The van der Waals surface area contributed by atoms with Crippen LogP contribution in [0.2, 0.25) is 5.02 Å². The van der Waals surface area contributed by atoms with Crippen LogP contribution in [0.5, 0.6) is 0 Å². The second-order valence-corrected chi connectivity index (χ2v) is 12.1. The smallest absolute Gasteiger partial charge is 0.261 e. The van der Waals surface area contributed by atoms with Gasteiger partial charge >= 0.3 is 0 Å². The van der Waals surface area contributed by atoms with Gasteiger partial charge in [0.05, 0.1) is 10.6 Å². The van der Waals surface area contributed by atoms with Crippen molar-refractivity contribution in [1.29, 1.82) is 0 Å². The Bertz CT molecular complexity index is 1580. The van der Waals surface area contributed by atoms with Crippen LogP contribution in [-0.4, -0.2) is 30.9 Å². The topological polar surface area (TPSA) is 95.6 Å². The number of hydrogen-bond acceptors (Lipinski definition) is 5. The first-order valence-corrected chi connectivity index (χ1v) is 14.9. The average Bonchev–Trinajstić information content (AvgIpc) is 3.30. The molecule has 39 heavy (non-hydrogen) atoms. The second-order valence-electron chi connectivity index (χ2n) is 8.88. The monoisotopic (exact) mass is 577 g/mol. The number of amides is 2. The molecule has 4 aromatic rings. The van der Waals surface area contributed by atoms with Gasteiger partial charge in [-0.25, -0.2) is 8.42 Å². The van der Waals surface area contributed by atoms with E-state index < -0.39 is 10.0 Å². The van der Waals surface area contributed by atoms with E-state index in [1.54, 1.807) is 78.5 Å². The van der Waals surface area contributed by atoms with Crippen LogP contribution in [0.3, 0.4) is 0 Å². The molecule has 1 aliphatic rings. The van der Waals surface area contributed by atoms with Crippen LogP contribution >= 0.6 is 23.4 Å². The predicted molar refractivity (Wildman–Crippen MR) is 155 cm³/mol. The summed E-state index contributed by atoms with van der Waals surface area (Å²) in [6, 6.07) is 29.1. The highest BCUT2D eigenvalue weighted by atomic mass is 35.5. The molecule has 2 amide bonds. The van der Waals surface area contributed by atoms with Gasteiger partial charge in [-0.1, -0.05) is 54.1 Å². The standard InChI is InChI=1S/C29H24ClN3O4S2/c30-23-12-6-20(7-13-23)18-33-27(34)19-38-29(33)22-10-8-21(9-11-22)28(35)31-24-14-16-26(17-15-24)39(36,37)32-25-4-2-1-3-5-25/h1-17,29,32H,18-19H2,(H,31,35)/t29-/m1/s1. The van der Waals surface area contributed by atoms with E-state index in [9.17, 15) is 18.0 Å². The lowest BCUT2D eigenvalue weighted by Gasteiger charge is -2.24. The predicted octanol–water partition coefficient (Wildman–Crippen LogP) is 6.17. The van der Waals surface area contributed by atoms with E-state index in [0.29, 0.717) is 34.3 Å². The average molecular weight is 578 g/mol. The van der Waals surface area contributed by atoms with E-state index in [1.165, 1.54) is 12.1 Å². The minimum atomic E-state index is -3.75. The number of carbonyl (C=O) groups excluding carboxylic acids is 2. The number of nitrogens with zero attached hydrogens (tertiary/aromatic N) is 1. The fraction of sp³-hybridized carbons (Fsp3) is 0.103. The fourth-order valence-corrected chi connectivity index (χ4v) is 6.50. The van der Waals surface area contributed by atoms with Crippen molar-refractivity contribution in [2.45, 2.75) is 16.8 Å². The van der Waals surface area contributed by atoms with Crippen LogP contribution in [0.4, 0.5) is 11.4 Å². The summed E-state index contributed by atoms with van der Waals surface area (Å²) in [5.74, 6) is 0.131.